The Balaban J connectivity index is 2.40. The van der Waals surface area contributed by atoms with Gasteiger partial charge in [-0.3, -0.25) is 9.78 Å². The molecule has 2 aromatic rings. The molecular weight excluding hydrogens is 327 g/mol. The Bertz CT molecular complexity index is 774. The molecule has 0 radical (unpaired) electrons. The first-order valence-corrected chi connectivity index (χ1v) is 6.62. The maximum absolute atomic E-state index is 12.8. The number of nitrogens with one attached hydrogen (secondary N) is 1. The lowest BCUT2D eigenvalue weighted by atomic mass is 10.1. The normalized spacial score (nSPS) is 11.0. The standard InChI is InChI=1S/C15H12F3N3O3/c1-8-6-20-12(7-19-8)13(22)21-11-5-9(15(16,17)18)3-4-10(11)14(23)24-2/h3-7H,1-2H3,(H,21,22). The number of anilines is 1. The van der Waals surface area contributed by atoms with E-state index in [0.29, 0.717) is 11.8 Å². The number of aryl methyl sites for hydroxylation is 1. The maximum Gasteiger partial charge on any atom is 0.416 e. The van der Waals surface area contributed by atoms with Gasteiger partial charge in [-0.05, 0) is 25.1 Å². The van der Waals surface area contributed by atoms with Gasteiger partial charge in [-0.25, -0.2) is 9.78 Å². The highest BCUT2D eigenvalue weighted by Crippen LogP contribution is 2.32. The van der Waals surface area contributed by atoms with Gasteiger partial charge in [0.1, 0.15) is 5.69 Å². The SMILES string of the molecule is COC(=O)c1ccc(C(F)(F)F)cc1NC(=O)c1cnc(C)cn1. The number of aromatic nitrogens is 2. The van der Waals surface area contributed by atoms with Crippen LogP contribution in [0.5, 0.6) is 0 Å². The number of carbonyl (C=O) groups excluding carboxylic acids is 2. The Kier molecular flexibility index (Phi) is 4.82. The van der Waals surface area contributed by atoms with Crippen molar-refractivity contribution in [2.45, 2.75) is 13.1 Å². The van der Waals surface area contributed by atoms with Gasteiger partial charge in [-0.15, -0.1) is 0 Å². The Morgan fingerprint density at radius 1 is 1.17 bits per heavy atom. The van der Waals surface area contributed by atoms with Crippen molar-refractivity contribution in [3.63, 3.8) is 0 Å². The highest BCUT2D eigenvalue weighted by atomic mass is 19.4. The lowest BCUT2D eigenvalue weighted by molar-refractivity contribution is -0.137. The van der Waals surface area contributed by atoms with Crippen molar-refractivity contribution in [1.82, 2.24) is 9.97 Å². The molecule has 2 rings (SSSR count). The summed E-state index contributed by atoms with van der Waals surface area (Å²) in [5, 5.41) is 2.23. The molecule has 6 nitrogen and oxygen atoms in total. The average Bonchev–Trinajstić information content (AvgIpc) is 2.53. The number of hydrogen-bond donors (Lipinski definition) is 1. The number of methoxy groups -OCH3 is 1. The first kappa shape index (κ1) is 17.4. The molecule has 0 spiro atoms. The number of rotatable bonds is 3. The minimum absolute atomic E-state index is 0.103. The first-order chi connectivity index (χ1) is 11.2. The van der Waals surface area contributed by atoms with E-state index in [1.807, 2.05) is 0 Å². The van der Waals surface area contributed by atoms with Crippen LogP contribution in [-0.2, 0) is 10.9 Å². The predicted molar refractivity (Wildman–Crippen MR) is 77.5 cm³/mol. The smallest absolute Gasteiger partial charge is 0.416 e. The Morgan fingerprint density at radius 2 is 1.88 bits per heavy atom. The number of amides is 1. The van der Waals surface area contributed by atoms with E-state index in [0.717, 1.165) is 19.2 Å². The number of nitrogens with zero attached hydrogens (tertiary/aromatic N) is 2. The van der Waals surface area contributed by atoms with Crippen molar-refractivity contribution in [1.29, 1.82) is 0 Å². The highest BCUT2D eigenvalue weighted by molar-refractivity contribution is 6.07. The quantitative estimate of drug-likeness (QED) is 0.870. The molecule has 0 aliphatic rings. The van der Waals surface area contributed by atoms with E-state index in [1.54, 1.807) is 6.92 Å². The fraction of sp³-hybridized carbons (Fsp3) is 0.200. The van der Waals surface area contributed by atoms with Crippen molar-refractivity contribution in [2.75, 3.05) is 12.4 Å². The first-order valence-electron chi connectivity index (χ1n) is 6.62. The summed E-state index contributed by atoms with van der Waals surface area (Å²) in [5.74, 6) is -1.68. The minimum atomic E-state index is -4.63. The molecule has 126 valence electrons. The largest absolute Gasteiger partial charge is 0.465 e. The van der Waals surface area contributed by atoms with Crippen LogP contribution in [0.3, 0.4) is 0 Å². The Labute approximate surface area is 134 Å². The topological polar surface area (TPSA) is 81.2 Å². The van der Waals surface area contributed by atoms with Gasteiger partial charge in [0.05, 0.1) is 35.8 Å². The van der Waals surface area contributed by atoms with Gasteiger partial charge in [0.15, 0.2) is 0 Å². The van der Waals surface area contributed by atoms with Crippen LogP contribution in [0.25, 0.3) is 0 Å². The van der Waals surface area contributed by atoms with Crippen LogP contribution in [0.4, 0.5) is 18.9 Å². The maximum atomic E-state index is 12.8. The fourth-order valence-electron chi connectivity index (χ4n) is 1.81. The van der Waals surface area contributed by atoms with Crippen LogP contribution < -0.4 is 5.32 Å². The summed E-state index contributed by atoms with van der Waals surface area (Å²) in [4.78, 5) is 31.5. The summed E-state index contributed by atoms with van der Waals surface area (Å²) in [6, 6.07) is 2.32. The van der Waals surface area contributed by atoms with Gasteiger partial charge in [0.25, 0.3) is 5.91 Å². The molecule has 0 saturated heterocycles. The number of benzene rings is 1. The molecule has 9 heteroatoms. The summed E-state index contributed by atoms with van der Waals surface area (Å²) >= 11 is 0. The lowest BCUT2D eigenvalue weighted by Gasteiger charge is -2.13. The molecule has 1 aromatic carbocycles. The second-order valence-corrected chi connectivity index (χ2v) is 4.75. The fourth-order valence-corrected chi connectivity index (χ4v) is 1.81. The third kappa shape index (κ3) is 3.86. The minimum Gasteiger partial charge on any atom is -0.465 e. The van der Waals surface area contributed by atoms with E-state index in [2.05, 4.69) is 20.0 Å². The summed E-state index contributed by atoms with van der Waals surface area (Å²) in [6.45, 7) is 1.66. The zero-order valence-corrected chi connectivity index (χ0v) is 12.6. The number of hydrogen-bond acceptors (Lipinski definition) is 5. The zero-order chi connectivity index (χ0) is 17.9. The number of alkyl halides is 3. The summed E-state index contributed by atoms with van der Waals surface area (Å²) < 4.78 is 43.0. The van der Waals surface area contributed by atoms with Crippen LogP contribution in [0.15, 0.2) is 30.6 Å². The third-order valence-corrected chi connectivity index (χ3v) is 3.01. The van der Waals surface area contributed by atoms with E-state index >= 15 is 0 Å². The Hall–Kier alpha value is -2.97. The Morgan fingerprint density at radius 3 is 2.42 bits per heavy atom. The van der Waals surface area contributed by atoms with E-state index in [9.17, 15) is 22.8 Å². The molecule has 0 saturated carbocycles. The number of carbonyl (C=O) groups is 2. The lowest BCUT2D eigenvalue weighted by Crippen LogP contribution is -2.18. The van der Waals surface area contributed by atoms with Gasteiger partial charge < -0.3 is 10.1 Å². The molecule has 0 aliphatic heterocycles. The third-order valence-electron chi connectivity index (χ3n) is 3.01. The molecule has 0 atom stereocenters. The van der Waals surface area contributed by atoms with E-state index in [-0.39, 0.29) is 16.9 Å². The van der Waals surface area contributed by atoms with Crippen molar-refractivity contribution < 1.29 is 27.5 Å². The number of ether oxygens (including phenoxy) is 1. The van der Waals surface area contributed by atoms with Crippen molar-refractivity contribution >= 4 is 17.6 Å². The van der Waals surface area contributed by atoms with Gasteiger partial charge >= 0.3 is 12.1 Å². The molecule has 24 heavy (non-hydrogen) atoms. The molecule has 0 unspecified atom stereocenters. The van der Waals surface area contributed by atoms with Crippen LogP contribution in [0.1, 0.15) is 32.1 Å². The predicted octanol–water partition coefficient (Wildman–Crippen LogP) is 2.84. The highest BCUT2D eigenvalue weighted by Gasteiger charge is 2.32. The summed E-state index contributed by atoms with van der Waals surface area (Å²) in [6.07, 6.45) is -2.11. The molecule has 0 bridgehead atoms. The molecular formula is C15H12F3N3O3. The molecule has 1 N–H and O–H groups in total. The van der Waals surface area contributed by atoms with Gasteiger partial charge in [-0.1, -0.05) is 0 Å². The molecule has 1 heterocycles. The van der Waals surface area contributed by atoms with E-state index in [1.165, 1.54) is 12.4 Å². The number of esters is 1. The zero-order valence-electron chi connectivity index (χ0n) is 12.6. The van der Waals surface area contributed by atoms with Crippen LogP contribution >= 0.6 is 0 Å². The van der Waals surface area contributed by atoms with Gasteiger partial charge in [0, 0.05) is 6.20 Å². The van der Waals surface area contributed by atoms with Crippen molar-refractivity contribution in [3.8, 4) is 0 Å². The molecule has 1 aromatic heterocycles. The van der Waals surface area contributed by atoms with Gasteiger partial charge in [0.2, 0.25) is 0 Å². The second-order valence-electron chi connectivity index (χ2n) is 4.75. The van der Waals surface area contributed by atoms with Gasteiger partial charge in [-0.2, -0.15) is 13.2 Å². The number of halogens is 3. The second kappa shape index (κ2) is 6.65. The average molecular weight is 339 g/mol. The van der Waals surface area contributed by atoms with E-state index < -0.39 is 23.6 Å². The van der Waals surface area contributed by atoms with Crippen molar-refractivity contribution in [2.24, 2.45) is 0 Å². The summed E-state index contributed by atoms with van der Waals surface area (Å²) in [7, 11) is 1.08. The monoisotopic (exact) mass is 339 g/mol. The van der Waals surface area contributed by atoms with E-state index in [4.69, 9.17) is 0 Å². The molecule has 1 amide bonds. The molecule has 0 aliphatic carbocycles. The summed E-state index contributed by atoms with van der Waals surface area (Å²) in [5.41, 5.74) is -1.09. The molecule has 0 fully saturated rings. The van der Waals surface area contributed by atoms with Crippen LogP contribution in [0, 0.1) is 6.92 Å². The van der Waals surface area contributed by atoms with Crippen LogP contribution in [0.2, 0.25) is 0 Å². The van der Waals surface area contributed by atoms with Crippen molar-refractivity contribution in [3.05, 3.63) is 53.1 Å². The van der Waals surface area contributed by atoms with Crippen LogP contribution in [-0.4, -0.2) is 29.0 Å².